The number of hydrogen-bond donors (Lipinski definition) is 1. The Balaban J connectivity index is 3.68. The quantitative estimate of drug-likeness (QED) is 0.713. The van der Waals surface area contributed by atoms with Crippen LogP contribution in [0.4, 0.5) is 0 Å². The second kappa shape index (κ2) is 5.45. The van der Waals surface area contributed by atoms with Crippen molar-refractivity contribution in [1.29, 1.82) is 5.26 Å². The molecular weight excluding hydrogens is 168 g/mol. The summed E-state index contributed by atoms with van der Waals surface area (Å²) in [6.45, 7) is 6.29. The van der Waals surface area contributed by atoms with E-state index in [0.29, 0.717) is 5.25 Å². The molecule has 1 unspecified atom stereocenters. The van der Waals surface area contributed by atoms with Gasteiger partial charge in [-0.25, -0.2) is 0 Å². The average molecular weight is 186 g/mol. The first-order valence-corrected chi connectivity index (χ1v) is 5.30. The normalized spacial score (nSPS) is 15.7. The van der Waals surface area contributed by atoms with Gasteiger partial charge in [0.05, 0.1) is 6.07 Å². The number of thioether (sulfide) groups is 1. The number of rotatable bonds is 5. The van der Waals surface area contributed by atoms with E-state index in [1.165, 1.54) is 0 Å². The molecule has 3 heteroatoms. The summed E-state index contributed by atoms with van der Waals surface area (Å²) in [7, 11) is 1.84. The monoisotopic (exact) mass is 186 g/mol. The van der Waals surface area contributed by atoms with E-state index in [1.54, 1.807) is 0 Å². The van der Waals surface area contributed by atoms with Crippen molar-refractivity contribution in [2.45, 2.75) is 38.0 Å². The molecule has 12 heavy (non-hydrogen) atoms. The lowest BCUT2D eigenvalue weighted by Gasteiger charge is -2.20. The maximum absolute atomic E-state index is 8.83. The van der Waals surface area contributed by atoms with E-state index >= 15 is 0 Å². The van der Waals surface area contributed by atoms with Crippen LogP contribution in [0.25, 0.3) is 0 Å². The van der Waals surface area contributed by atoms with Crippen molar-refractivity contribution >= 4 is 11.8 Å². The van der Waals surface area contributed by atoms with Crippen LogP contribution in [0.2, 0.25) is 0 Å². The van der Waals surface area contributed by atoms with Crippen LogP contribution in [0.1, 0.15) is 27.2 Å². The van der Waals surface area contributed by atoms with Gasteiger partial charge < -0.3 is 5.32 Å². The first kappa shape index (κ1) is 11.8. The van der Waals surface area contributed by atoms with Crippen molar-refractivity contribution in [2.75, 3.05) is 12.8 Å². The Bertz CT molecular complexity index is 162. The van der Waals surface area contributed by atoms with Crippen LogP contribution in [0.3, 0.4) is 0 Å². The first-order valence-electron chi connectivity index (χ1n) is 4.26. The average Bonchev–Trinajstić information content (AvgIpc) is 2.03. The molecule has 0 spiro atoms. The lowest BCUT2D eigenvalue weighted by Crippen LogP contribution is -2.38. The van der Waals surface area contributed by atoms with Gasteiger partial charge >= 0.3 is 0 Å². The summed E-state index contributed by atoms with van der Waals surface area (Å²) in [6.07, 6.45) is 0.906. The number of nitrogens with zero attached hydrogens (tertiary/aromatic N) is 1. The number of nitriles is 1. The summed E-state index contributed by atoms with van der Waals surface area (Å²) in [5, 5.41) is 12.5. The largest absolute Gasteiger partial charge is 0.303 e. The van der Waals surface area contributed by atoms with E-state index in [4.69, 9.17) is 5.26 Å². The van der Waals surface area contributed by atoms with Crippen LogP contribution in [-0.2, 0) is 0 Å². The van der Waals surface area contributed by atoms with Gasteiger partial charge in [-0.05, 0) is 31.4 Å². The summed E-state index contributed by atoms with van der Waals surface area (Å²) in [4.78, 5) is 0. The zero-order valence-corrected chi connectivity index (χ0v) is 9.16. The van der Waals surface area contributed by atoms with E-state index in [2.05, 4.69) is 25.2 Å². The van der Waals surface area contributed by atoms with Crippen LogP contribution < -0.4 is 5.32 Å². The Morgan fingerprint density at radius 3 is 2.50 bits per heavy atom. The molecule has 0 rings (SSSR count). The van der Waals surface area contributed by atoms with Gasteiger partial charge in [-0.15, -0.1) is 0 Å². The van der Waals surface area contributed by atoms with Crippen LogP contribution in [-0.4, -0.2) is 23.6 Å². The maximum atomic E-state index is 8.83. The van der Waals surface area contributed by atoms with E-state index in [0.717, 1.165) is 12.2 Å². The van der Waals surface area contributed by atoms with Crippen molar-refractivity contribution in [3.05, 3.63) is 0 Å². The SMILES string of the molecule is CNC(C)(C#N)CCSC(C)C. The molecule has 0 aromatic carbocycles. The van der Waals surface area contributed by atoms with Gasteiger partial charge in [0.15, 0.2) is 0 Å². The molecule has 0 aliphatic heterocycles. The summed E-state index contributed by atoms with van der Waals surface area (Å²) >= 11 is 1.90. The van der Waals surface area contributed by atoms with Crippen LogP contribution in [0.5, 0.6) is 0 Å². The minimum absolute atomic E-state index is 0.345. The Morgan fingerprint density at radius 1 is 1.58 bits per heavy atom. The predicted molar refractivity (Wildman–Crippen MR) is 55.3 cm³/mol. The smallest absolute Gasteiger partial charge is 0.104 e. The minimum atomic E-state index is -0.345. The lowest BCUT2D eigenvalue weighted by atomic mass is 10.0. The third-order valence-electron chi connectivity index (χ3n) is 1.85. The highest BCUT2D eigenvalue weighted by Gasteiger charge is 2.20. The summed E-state index contributed by atoms with van der Waals surface area (Å²) in [5.41, 5.74) is -0.345. The molecule has 0 aromatic heterocycles. The molecule has 0 heterocycles. The van der Waals surface area contributed by atoms with E-state index in [9.17, 15) is 0 Å². The summed E-state index contributed by atoms with van der Waals surface area (Å²) in [5.74, 6) is 1.04. The zero-order valence-electron chi connectivity index (χ0n) is 8.35. The highest BCUT2D eigenvalue weighted by Crippen LogP contribution is 2.16. The lowest BCUT2D eigenvalue weighted by molar-refractivity contribution is 0.479. The van der Waals surface area contributed by atoms with Gasteiger partial charge in [0.1, 0.15) is 5.54 Å². The van der Waals surface area contributed by atoms with Crippen molar-refractivity contribution in [2.24, 2.45) is 0 Å². The minimum Gasteiger partial charge on any atom is -0.303 e. The van der Waals surface area contributed by atoms with Gasteiger partial charge in [-0.3, -0.25) is 0 Å². The molecule has 0 bridgehead atoms. The summed E-state index contributed by atoms with van der Waals surface area (Å²) in [6, 6.07) is 2.28. The van der Waals surface area contributed by atoms with E-state index < -0.39 is 0 Å². The third-order valence-corrected chi connectivity index (χ3v) is 2.96. The fraction of sp³-hybridized carbons (Fsp3) is 0.889. The zero-order chi connectivity index (χ0) is 9.61. The van der Waals surface area contributed by atoms with E-state index in [1.807, 2.05) is 25.7 Å². The standard InChI is InChI=1S/C9H18N2S/c1-8(2)12-6-5-9(3,7-10)11-4/h8,11H,5-6H2,1-4H3. The molecule has 0 aliphatic rings. The number of hydrogen-bond acceptors (Lipinski definition) is 3. The Morgan fingerprint density at radius 2 is 2.17 bits per heavy atom. The molecule has 0 radical (unpaired) electrons. The second-order valence-corrected chi connectivity index (χ2v) is 5.05. The molecular formula is C9H18N2S. The van der Waals surface area contributed by atoms with Crippen molar-refractivity contribution in [3.8, 4) is 6.07 Å². The molecule has 70 valence electrons. The highest BCUT2D eigenvalue weighted by atomic mass is 32.2. The highest BCUT2D eigenvalue weighted by molar-refractivity contribution is 7.99. The molecule has 0 aromatic rings. The molecule has 1 N–H and O–H groups in total. The molecule has 1 atom stereocenters. The third kappa shape index (κ3) is 4.63. The van der Waals surface area contributed by atoms with Crippen LogP contribution >= 0.6 is 11.8 Å². The predicted octanol–water partition coefficient (Wildman–Crippen LogP) is 2.02. The molecule has 0 saturated carbocycles. The maximum Gasteiger partial charge on any atom is 0.104 e. The van der Waals surface area contributed by atoms with Crippen molar-refractivity contribution in [3.63, 3.8) is 0 Å². The van der Waals surface area contributed by atoms with Gasteiger partial charge in [-0.1, -0.05) is 13.8 Å². The molecule has 0 fully saturated rings. The topological polar surface area (TPSA) is 35.8 Å². The van der Waals surface area contributed by atoms with Crippen molar-refractivity contribution < 1.29 is 0 Å². The molecule has 0 amide bonds. The van der Waals surface area contributed by atoms with Crippen molar-refractivity contribution in [1.82, 2.24) is 5.32 Å². The molecule has 0 aliphatic carbocycles. The fourth-order valence-corrected chi connectivity index (χ4v) is 1.73. The Labute approximate surface area is 79.7 Å². The van der Waals surface area contributed by atoms with Gasteiger partial charge in [-0.2, -0.15) is 17.0 Å². The molecule has 2 nitrogen and oxygen atoms in total. The van der Waals surface area contributed by atoms with Crippen LogP contribution in [0, 0.1) is 11.3 Å². The summed E-state index contributed by atoms with van der Waals surface area (Å²) < 4.78 is 0. The van der Waals surface area contributed by atoms with Crippen LogP contribution in [0.15, 0.2) is 0 Å². The van der Waals surface area contributed by atoms with Gasteiger partial charge in [0.25, 0.3) is 0 Å². The van der Waals surface area contributed by atoms with Gasteiger partial charge in [0, 0.05) is 0 Å². The van der Waals surface area contributed by atoms with E-state index in [-0.39, 0.29) is 5.54 Å². The Kier molecular flexibility index (Phi) is 5.36. The molecule has 0 saturated heterocycles. The first-order chi connectivity index (χ1) is 5.54. The Hall–Kier alpha value is -0.200. The second-order valence-electron chi connectivity index (χ2n) is 3.36. The van der Waals surface area contributed by atoms with Gasteiger partial charge in [0.2, 0.25) is 0 Å². The number of nitrogens with one attached hydrogen (secondary N) is 1. The fourth-order valence-electron chi connectivity index (χ4n) is 0.736.